The van der Waals surface area contributed by atoms with Crippen LogP contribution in [0.15, 0.2) is 186 Å². The lowest BCUT2D eigenvalue weighted by Crippen LogP contribution is -2.47. The average molecular weight is 1250 g/mol. The molecular weight excluding hydrogens is 1190 g/mol. The third kappa shape index (κ3) is 17.3. The Morgan fingerprint density at radius 3 is 1.64 bits per heavy atom. The summed E-state index contributed by atoms with van der Waals surface area (Å²) >= 11 is 31.0. The third-order valence-electron chi connectivity index (χ3n) is 14.7. The molecular formula is C66H63Cl4N9O4S2. The number of hydrogen-bond donors (Lipinski definition) is 2. The first-order valence-corrected chi connectivity index (χ1v) is 30.8. The van der Waals surface area contributed by atoms with Crippen molar-refractivity contribution in [3.05, 3.63) is 272 Å². The Kier molecular flexibility index (Phi) is 22.3. The van der Waals surface area contributed by atoms with Crippen LogP contribution in [0.2, 0.25) is 15.1 Å². The van der Waals surface area contributed by atoms with E-state index in [2.05, 4.69) is 106 Å². The Bertz CT molecular complexity index is 3730. The summed E-state index contributed by atoms with van der Waals surface area (Å²) in [6.45, 7) is 8.88. The molecule has 0 amide bonds. The van der Waals surface area contributed by atoms with Crippen molar-refractivity contribution in [2.45, 2.75) is 30.9 Å². The normalized spacial score (nSPS) is 14.8. The fraction of sp³-hybridized carbons (Fsp3) is 0.227. The van der Waals surface area contributed by atoms with Gasteiger partial charge in [-0.3, -0.25) is 20.2 Å². The van der Waals surface area contributed by atoms with Crippen LogP contribution in [0.3, 0.4) is 0 Å². The summed E-state index contributed by atoms with van der Waals surface area (Å²) in [6, 6.07) is 55.7. The fourth-order valence-electron chi connectivity index (χ4n) is 9.94. The number of non-ortho nitro benzene ring substituents is 2. The molecule has 13 nitrogen and oxygen atoms in total. The van der Waals surface area contributed by atoms with E-state index in [9.17, 15) is 20.2 Å². The predicted molar refractivity (Wildman–Crippen MR) is 356 cm³/mol. The average Bonchev–Trinajstić information content (AvgIpc) is 2.98. The zero-order valence-electron chi connectivity index (χ0n) is 47.0. The number of nitrogens with zero attached hydrogens (tertiary/aromatic N) is 7. The van der Waals surface area contributed by atoms with Crippen LogP contribution < -0.4 is 10.6 Å². The summed E-state index contributed by atoms with van der Waals surface area (Å²) in [5.74, 6) is 2.14. The SMILES string of the molecule is CN1CCN(C2=Nc3ccccc3Cc3ccc(Cl)cc32)CC1.CN1CCNCC1.O=[N+]([O-])c1ccc(CCl)cc1.O=[N+]([O-])c1ccc(CSC2=Nc3cc(Cl)ccc3Cc3ccccc32)cc1.S=C1Nc2cc(Cl)ccc2Cc2ccccc21. The summed E-state index contributed by atoms with van der Waals surface area (Å²) in [4.78, 5) is 37.9. The molecule has 8 aromatic rings. The molecule has 5 heterocycles. The lowest BCUT2D eigenvalue weighted by Gasteiger charge is -2.35. The number of thiocarbonyl (C=S) groups is 1. The van der Waals surface area contributed by atoms with Crippen LogP contribution in [0, 0.1) is 20.2 Å². The predicted octanol–water partition coefficient (Wildman–Crippen LogP) is 15.6. The molecule has 2 fully saturated rings. The number of benzene rings is 8. The number of aliphatic imine (C=N–C) groups is 2. The van der Waals surface area contributed by atoms with Gasteiger partial charge in [0.15, 0.2) is 0 Å². The molecule has 0 radical (unpaired) electrons. The highest BCUT2D eigenvalue weighted by Crippen LogP contribution is 2.36. The maximum Gasteiger partial charge on any atom is 0.269 e. The zero-order valence-corrected chi connectivity index (χ0v) is 51.7. The minimum Gasteiger partial charge on any atom is -0.354 e. The first-order valence-electron chi connectivity index (χ1n) is 27.7. The maximum absolute atomic E-state index is 10.8. The number of likely N-dealkylation sites (N-methyl/N-ethyl adjacent to an activating group) is 2. The molecule has 13 rings (SSSR count). The van der Waals surface area contributed by atoms with Crippen LogP contribution in [0.4, 0.5) is 28.4 Å². The molecule has 0 spiro atoms. The summed E-state index contributed by atoms with van der Waals surface area (Å²) in [5, 5.41) is 30.6. The molecule has 436 valence electrons. The topological polar surface area (TPSA) is 145 Å². The second-order valence-corrected chi connectivity index (χ2v) is 23.7. The van der Waals surface area contributed by atoms with Crippen molar-refractivity contribution < 1.29 is 9.85 Å². The number of amidine groups is 1. The molecule has 5 aliphatic rings. The van der Waals surface area contributed by atoms with Gasteiger partial charge in [-0.15, -0.1) is 23.4 Å². The van der Waals surface area contributed by atoms with E-state index >= 15 is 0 Å². The Hall–Kier alpha value is -7.02. The Labute approximate surface area is 526 Å². The van der Waals surface area contributed by atoms with Gasteiger partial charge in [0.25, 0.3) is 11.4 Å². The molecule has 85 heavy (non-hydrogen) atoms. The number of alkyl halides is 1. The van der Waals surface area contributed by atoms with Crippen molar-refractivity contribution in [1.29, 1.82) is 0 Å². The van der Waals surface area contributed by atoms with Gasteiger partial charge < -0.3 is 25.3 Å². The number of halogens is 4. The molecule has 19 heteroatoms. The summed E-state index contributed by atoms with van der Waals surface area (Å²) < 4.78 is 0. The van der Waals surface area contributed by atoms with E-state index in [0.717, 1.165) is 129 Å². The molecule has 0 saturated carbocycles. The smallest absolute Gasteiger partial charge is 0.269 e. The lowest BCUT2D eigenvalue weighted by atomic mass is 9.99. The largest absolute Gasteiger partial charge is 0.354 e. The highest BCUT2D eigenvalue weighted by atomic mass is 35.5. The molecule has 0 aliphatic carbocycles. The Balaban J connectivity index is 0.000000135. The molecule has 0 atom stereocenters. The van der Waals surface area contributed by atoms with E-state index in [4.69, 9.17) is 68.6 Å². The number of nitrogens with one attached hydrogen (secondary N) is 2. The van der Waals surface area contributed by atoms with Crippen LogP contribution in [0.25, 0.3) is 0 Å². The van der Waals surface area contributed by atoms with Crippen LogP contribution in [0.1, 0.15) is 61.2 Å². The van der Waals surface area contributed by atoms with Crippen molar-refractivity contribution in [2.24, 2.45) is 9.98 Å². The Morgan fingerprint density at radius 1 is 0.529 bits per heavy atom. The van der Waals surface area contributed by atoms with E-state index in [1.807, 2.05) is 60.7 Å². The number of nitro benzene ring substituents is 2. The van der Waals surface area contributed by atoms with Gasteiger partial charge in [-0.25, -0.2) is 9.98 Å². The molecule has 0 bridgehead atoms. The lowest BCUT2D eigenvalue weighted by molar-refractivity contribution is -0.385. The fourth-order valence-corrected chi connectivity index (χ4v) is 11.9. The molecule has 0 aromatic heterocycles. The quantitative estimate of drug-likeness (QED) is 0.0735. The number of fused-ring (bicyclic) bond motifs is 6. The highest BCUT2D eigenvalue weighted by molar-refractivity contribution is 8.13. The van der Waals surface area contributed by atoms with Crippen molar-refractivity contribution in [2.75, 3.05) is 71.8 Å². The standard InChI is InChI=1S/C21H15ClN2O2S.C19H20ClN3.C14H10ClNS.C7H6ClNO2.C5H12N2/c22-17-8-7-16-11-15-3-1-2-4-19(15)21(23-20(16)12-17)27-13-14-5-9-18(10-6-14)24(25)26;1-22-8-10-23(11-9-22)19-17-13-16(20)7-6-14(17)12-15-4-2-3-5-18(15)21-19;15-11-6-5-10-7-9-3-1-2-4-12(9)14(17)16-13(10)8-11;8-5-6-1-3-7(4-2-6)9(10)11;1-7-4-2-6-3-5-7/h1-10,12H,11,13H2;2-7,13H,8-12H2,1H3;1-6,8H,7H2,(H,16,17);1-4H,5H2;6H,2-5H2,1H3. The van der Waals surface area contributed by atoms with E-state index in [1.165, 1.54) is 70.7 Å². The van der Waals surface area contributed by atoms with E-state index in [1.54, 1.807) is 36.0 Å². The van der Waals surface area contributed by atoms with Gasteiger partial charge >= 0.3 is 0 Å². The van der Waals surface area contributed by atoms with E-state index in [0.29, 0.717) is 16.7 Å². The number of para-hydroxylation sites is 1. The van der Waals surface area contributed by atoms with Gasteiger partial charge in [-0.1, -0.05) is 156 Å². The van der Waals surface area contributed by atoms with Crippen LogP contribution in [-0.2, 0) is 30.9 Å². The molecule has 2 N–H and O–H groups in total. The minimum absolute atomic E-state index is 0.0962. The van der Waals surface area contributed by atoms with Crippen LogP contribution in [0.5, 0.6) is 0 Å². The maximum atomic E-state index is 10.8. The van der Waals surface area contributed by atoms with Crippen LogP contribution >= 0.6 is 70.4 Å². The Morgan fingerprint density at radius 2 is 1.02 bits per heavy atom. The first-order chi connectivity index (χ1) is 41.2. The number of nitro groups is 2. The number of anilines is 1. The minimum atomic E-state index is -0.433. The van der Waals surface area contributed by atoms with Crippen molar-refractivity contribution in [1.82, 2.24) is 20.0 Å². The second-order valence-electron chi connectivity index (χ2n) is 20.8. The van der Waals surface area contributed by atoms with E-state index in [-0.39, 0.29) is 16.3 Å². The monoisotopic (exact) mass is 1250 g/mol. The number of hydrogen-bond acceptors (Lipinski definition) is 12. The van der Waals surface area contributed by atoms with Gasteiger partial charge in [-0.2, -0.15) is 0 Å². The van der Waals surface area contributed by atoms with Gasteiger partial charge in [0, 0.05) is 145 Å². The summed E-state index contributed by atoms with van der Waals surface area (Å²) in [5.41, 5.74) is 15.9. The van der Waals surface area contributed by atoms with Gasteiger partial charge in [-0.05, 0) is 101 Å². The third-order valence-corrected chi connectivity index (χ3v) is 17.1. The van der Waals surface area contributed by atoms with Gasteiger partial charge in [0.1, 0.15) is 15.9 Å². The molecule has 0 unspecified atom stereocenters. The zero-order chi connectivity index (χ0) is 59.8. The van der Waals surface area contributed by atoms with Crippen molar-refractivity contribution in [3.63, 3.8) is 0 Å². The van der Waals surface area contributed by atoms with Crippen molar-refractivity contribution in [3.8, 4) is 0 Å². The number of thioether (sulfide) groups is 1. The summed E-state index contributed by atoms with van der Waals surface area (Å²) in [6.07, 6.45) is 2.60. The molecule has 8 aromatic carbocycles. The number of piperazine rings is 2. The van der Waals surface area contributed by atoms with Gasteiger partial charge in [0.05, 0.1) is 21.2 Å². The van der Waals surface area contributed by atoms with E-state index < -0.39 is 4.92 Å². The van der Waals surface area contributed by atoms with Crippen LogP contribution in [-0.4, -0.2) is 107 Å². The van der Waals surface area contributed by atoms with Gasteiger partial charge in [0.2, 0.25) is 0 Å². The number of rotatable bonds is 5. The van der Waals surface area contributed by atoms with Crippen molar-refractivity contribution >= 4 is 115 Å². The summed E-state index contributed by atoms with van der Waals surface area (Å²) in [7, 11) is 4.33. The molecule has 5 aliphatic heterocycles. The second kappa shape index (κ2) is 30.4. The molecule has 2 saturated heterocycles. The first kappa shape index (κ1) is 62.5. The highest BCUT2D eigenvalue weighted by Gasteiger charge is 2.25.